The molecule has 1 amide bonds. The zero-order chi connectivity index (χ0) is 13.1. The first kappa shape index (κ1) is 12.9. The van der Waals surface area contributed by atoms with E-state index in [0.717, 1.165) is 16.9 Å². The molecular weight excluding hydrogens is 230 g/mol. The summed E-state index contributed by atoms with van der Waals surface area (Å²) in [6, 6.07) is 5.94. The van der Waals surface area contributed by atoms with Gasteiger partial charge in [-0.3, -0.25) is 4.79 Å². The highest BCUT2D eigenvalue weighted by Crippen LogP contribution is 2.22. The zero-order valence-corrected chi connectivity index (χ0v) is 10.8. The van der Waals surface area contributed by atoms with E-state index in [1.165, 1.54) is 0 Å². The van der Waals surface area contributed by atoms with Crippen molar-refractivity contribution < 1.29 is 14.6 Å². The number of nitrogens with one attached hydrogen (secondary N) is 1. The minimum Gasteiger partial charge on any atom is -0.496 e. The van der Waals surface area contributed by atoms with Crippen LogP contribution in [0.25, 0.3) is 0 Å². The highest BCUT2D eigenvalue weighted by atomic mass is 16.5. The van der Waals surface area contributed by atoms with E-state index >= 15 is 0 Å². The summed E-state index contributed by atoms with van der Waals surface area (Å²) >= 11 is 0. The summed E-state index contributed by atoms with van der Waals surface area (Å²) in [7, 11) is 1.61. The Bertz CT molecular complexity index is 439. The summed E-state index contributed by atoms with van der Waals surface area (Å²) < 4.78 is 5.24. The van der Waals surface area contributed by atoms with Crippen LogP contribution in [-0.4, -0.2) is 30.3 Å². The van der Waals surface area contributed by atoms with Gasteiger partial charge in [0, 0.05) is 11.6 Å². The molecular formula is C14H19NO3. The van der Waals surface area contributed by atoms with Crippen LogP contribution in [0.1, 0.15) is 24.0 Å². The number of methoxy groups -OCH3 is 1. The molecule has 0 aliphatic heterocycles. The number of carbonyl (C=O) groups excluding carboxylic acids is 1. The fraction of sp³-hybridized carbons (Fsp3) is 0.500. The Labute approximate surface area is 107 Å². The number of benzene rings is 1. The molecule has 0 saturated heterocycles. The molecule has 1 aliphatic carbocycles. The van der Waals surface area contributed by atoms with Crippen LogP contribution < -0.4 is 10.1 Å². The lowest BCUT2D eigenvalue weighted by molar-refractivity contribution is -0.122. The van der Waals surface area contributed by atoms with Crippen molar-refractivity contribution in [1.29, 1.82) is 0 Å². The van der Waals surface area contributed by atoms with Crippen LogP contribution in [-0.2, 0) is 11.2 Å². The minimum atomic E-state index is -0.246. The van der Waals surface area contributed by atoms with Gasteiger partial charge >= 0.3 is 0 Å². The third-order valence-electron chi connectivity index (χ3n) is 3.27. The third kappa shape index (κ3) is 3.01. The summed E-state index contributed by atoms with van der Waals surface area (Å²) in [4.78, 5) is 11.9. The SMILES string of the molecule is COc1ccc(C)cc1CC(=O)NC1CC(O)C1. The smallest absolute Gasteiger partial charge is 0.224 e. The monoisotopic (exact) mass is 249 g/mol. The Kier molecular flexibility index (Phi) is 3.87. The van der Waals surface area contributed by atoms with Gasteiger partial charge in [0.1, 0.15) is 5.75 Å². The lowest BCUT2D eigenvalue weighted by Crippen LogP contribution is -2.47. The normalized spacial score (nSPS) is 22.2. The molecule has 98 valence electrons. The predicted molar refractivity (Wildman–Crippen MR) is 68.6 cm³/mol. The summed E-state index contributed by atoms with van der Waals surface area (Å²) in [5.41, 5.74) is 2.01. The molecule has 0 radical (unpaired) electrons. The summed E-state index contributed by atoms with van der Waals surface area (Å²) in [6.45, 7) is 1.99. The average molecular weight is 249 g/mol. The maximum absolute atomic E-state index is 11.9. The second-order valence-electron chi connectivity index (χ2n) is 4.88. The highest BCUT2D eigenvalue weighted by Gasteiger charge is 2.28. The van der Waals surface area contributed by atoms with Crippen LogP contribution in [0.3, 0.4) is 0 Å². The van der Waals surface area contributed by atoms with Gasteiger partial charge in [0.05, 0.1) is 19.6 Å². The van der Waals surface area contributed by atoms with Gasteiger partial charge in [0.25, 0.3) is 0 Å². The first-order chi connectivity index (χ1) is 8.58. The van der Waals surface area contributed by atoms with E-state index in [4.69, 9.17) is 9.84 Å². The Morgan fingerprint density at radius 2 is 2.22 bits per heavy atom. The first-order valence-electron chi connectivity index (χ1n) is 6.19. The molecule has 1 aliphatic rings. The van der Waals surface area contributed by atoms with Crippen LogP contribution in [0.15, 0.2) is 18.2 Å². The van der Waals surface area contributed by atoms with Gasteiger partial charge in [-0.2, -0.15) is 0 Å². The van der Waals surface area contributed by atoms with Gasteiger partial charge in [-0.1, -0.05) is 17.7 Å². The van der Waals surface area contributed by atoms with Crippen LogP contribution in [0.5, 0.6) is 5.75 Å². The average Bonchev–Trinajstić information content (AvgIpc) is 2.27. The van der Waals surface area contributed by atoms with E-state index in [9.17, 15) is 4.79 Å². The van der Waals surface area contributed by atoms with Crippen molar-refractivity contribution in [3.8, 4) is 5.75 Å². The van der Waals surface area contributed by atoms with Crippen LogP contribution in [0.4, 0.5) is 0 Å². The molecule has 0 aromatic heterocycles. The second kappa shape index (κ2) is 5.40. The number of hydrogen-bond donors (Lipinski definition) is 2. The highest BCUT2D eigenvalue weighted by molar-refractivity contribution is 5.79. The van der Waals surface area contributed by atoms with E-state index in [1.807, 2.05) is 25.1 Å². The van der Waals surface area contributed by atoms with Crippen molar-refractivity contribution in [3.63, 3.8) is 0 Å². The zero-order valence-electron chi connectivity index (χ0n) is 10.8. The molecule has 1 aromatic carbocycles. The number of rotatable bonds is 4. The number of amides is 1. The van der Waals surface area contributed by atoms with Crippen molar-refractivity contribution in [2.45, 2.75) is 38.3 Å². The van der Waals surface area contributed by atoms with Gasteiger partial charge < -0.3 is 15.2 Å². The molecule has 0 bridgehead atoms. The van der Waals surface area contributed by atoms with E-state index in [-0.39, 0.29) is 18.1 Å². The van der Waals surface area contributed by atoms with E-state index in [0.29, 0.717) is 19.3 Å². The van der Waals surface area contributed by atoms with Gasteiger partial charge in [0.15, 0.2) is 0 Å². The topological polar surface area (TPSA) is 58.6 Å². The van der Waals surface area contributed by atoms with Gasteiger partial charge in [-0.25, -0.2) is 0 Å². The van der Waals surface area contributed by atoms with E-state index < -0.39 is 0 Å². The fourth-order valence-corrected chi connectivity index (χ4v) is 2.20. The molecule has 0 atom stereocenters. The molecule has 1 fully saturated rings. The Hall–Kier alpha value is -1.55. The van der Waals surface area contributed by atoms with Crippen LogP contribution >= 0.6 is 0 Å². The molecule has 18 heavy (non-hydrogen) atoms. The van der Waals surface area contributed by atoms with Crippen molar-refractivity contribution in [2.75, 3.05) is 7.11 Å². The van der Waals surface area contributed by atoms with Gasteiger partial charge in [-0.05, 0) is 25.8 Å². The number of aliphatic hydroxyl groups excluding tert-OH is 1. The van der Waals surface area contributed by atoms with Crippen molar-refractivity contribution in [3.05, 3.63) is 29.3 Å². The number of ether oxygens (including phenoxy) is 1. The van der Waals surface area contributed by atoms with Crippen molar-refractivity contribution in [1.82, 2.24) is 5.32 Å². The molecule has 1 aromatic rings. The number of aryl methyl sites for hydroxylation is 1. The lowest BCUT2D eigenvalue weighted by atomic mass is 9.89. The molecule has 0 spiro atoms. The number of carbonyl (C=O) groups is 1. The standard InChI is InChI=1S/C14H19NO3/c1-9-3-4-13(18-2)10(5-9)6-14(17)15-11-7-12(16)8-11/h3-5,11-12,16H,6-8H2,1-2H3,(H,15,17). The lowest BCUT2D eigenvalue weighted by Gasteiger charge is -2.32. The maximum atomic E-state index is 11.9. The predicted octanol–water partition coefficient (Wildman–Crippen LogP) is 1.19. The maximum Gasteiger partial charge on any atom is 0.224 e. The summed E-state index contributed by atoms with van der Waals surface area (Å²) in [6.07, 6.45) is 1.40. The number of aliphatic hydroxyl groups is 1. The van der Waals surface area contributed by atoms with Crippen molar-refractivity contribution >= 4 is 5.91 Å². The first-order valence-corrected chi connectivity index (χ1v) is 6.19. The summed E-state index contributed by atoms with van der Waals surface area (Å²) in [5.74, 6) is 0.722. The quantitative estimate of drug-likeness (QED) is 0.842. The molecule has 2 N–H and O–H groups in total. The molecule has 4 heteroatoms. The Balaban J connectivity index is 1.95. The second-order valence-corrected chi connectivity index (χ2v) is 4.88. The minimum absolute atomic E-state index is 0.0178. The third-order valence-corrected chi connectivity index (χ3v) is 3.27. The number of hydrogen-bond acceptors (Lipinski definition) is 3. The Morgan fingerprint density at radius 3 is 2.83 bits per heavy atom. The fourth-order valence-electron chi connectivity index (χ4n) is 2.20. The largest absolute Gasteiger partial charge is 0.496 e. The molecule has 0 heterocycles. The molecule has 2 rings (SSSR count). The molecule has 1 saturated carbocycles. The summed E-state index contributed by atoms with van der Waals surface area (Å²) in [5, 5.41) is 12.1. The van der Waals surface area contributed by atoms with Crippen molar-refractivity contribution in [2.24, 2.45) is 0 Å². The Morgan fingerprint density at radius 1 is 1.50 bits per heavy atom. The van der Waals surface area contributed by atoms with E-state index in [1.54, 1.807) is 7.11 Å². The van der Waals surface area contributed by atoms with Crippen LogP contribution in [0.2, 0.25) is 0 Å². The van der Waals surface area contributed by atoms with Crippen LogP contribution in [0, 0.1) is 6.92 Å². The molecule has 4 nitrogen and oxygen atoms in total. The van der Waals surface area contributed by atoms with Gasteiger partial charge in [0.2, 0.25) is 5.91 Å². The van der Waals surface area contributed by atoms with Gasteiger partial charge in [-0.15, -0.1) is 0 Å². The van der Waals surface area contributed by atoms with E-state index in [2.05, 4.69) is 5.32 Å². The molecule has 0 unspecified atom stereocenters.